The van der Waals surface area contributed by atoms with E-state index in [1.54, 1.807) is 49.6 Å². The topological polar surface area (TPSA) is 65.7 Å². The molecule has 0 spiro atoms. The number of methoxy groups -OCH3 is 1. The smallest absolute Gasteiger partial charge is 0.336 e. The molecule has 0 amide bonds. The van der Waals surface area contributed by atoms with Crippen molar-refractivity contribution in [2.24, 2.45) is 0 Å². The Balaban J connectivity index is 1.60. The van der Waals surface area contributed by atoms with Crippen LogP contribution in [0.2, 0.25) is 5.02 Å². The summed E-state index contributed by atoms with van der Waals surface area (Å²) in [5.41, 5.74) is 2.02. The Morgan fingerprint density at radius 3 is 2.33 bits per heavy atom. The van der Waals surface area contributed by atoms with Crippen molar-refractivity contribution in [3.63, 3.8) is 0 Å². The molecule has 0 fully saturated rings. The minimum absolute atomic E-state index is 0.143. The van der Waals surface area contributed by atoms with Gasteiger partial charge in [0.25, 0.3) is 0 Å². The van der Waals surface area contributed by atoms with Gasteiger partial charge in [-0.25, -0.2) is 4.79 Å². The average Bonchev–Trinajstić information content (AvgIpc) is 2.77. The zero-order valence-corrected chi connectivity index (χ0v) is 16.8. The van der Waals surface area contributed by atoms with Crippen molar-refractivity contribution in [2.45, 2.75) is 0 Å². The summed E-state index contributed by atoms with van der Waals surface area (Å²) in [7, 11) is 1.60. The molecule has 5 nitrogen and oxygen atoms in total. The number of benzene rings is 3. The summed E-state index contributed by atoms with van der Waals surface area (Å²) in [6, 6.07) is 20.6. The first-order valence-corrected chi connectivity index (χ1v) is 9.55. The first kappa shape index (κ1) is 19.7. The van der Waals surface area contributed by atoms with Gasteiger partial charge in [0.2, 0.25) is 0 Å². The number of carbonyl (C=O) groups excluding carboxylic acids is 1. The number of halogens is 1. The van der Waals surface area contributed by atoms with Gasteiger partial charge in [0, 0.05) is 28.1 Å². The highest BCUT2D eigenvalue weighted by atomic mass is 35.5. The molecule has 0 unspecified atom stereocenters. The number of hydrogen-bond donors (Lipinski definition) is 0. The predicted molar refractivity (Wildman–Crippen MR) is 116 cm³/mol. The fraction of sp³-hybridized carbons (Fsp3) is 0.0833. The highest BCUT2D eigenvalue weighted by molar-refractivity contribution is 6.30. The Hall–Kier alpha value is -3.57. The van der Waals surface area contributed by atoms with Crippen LogP contribution in [-0.2, 0) is 0 Å². The SMILES string of the molecule is COc1ccc(-c2cc(=O)oc3cc(OCC(=O)c4ccc(Cl)cc4)ccc23)cc1. The third-order valence-corrected chi connectivity index (χ3v) is 4.91. The summed E-state index contributed by atoms with van der Waals surface area (Å²) in [5.74, 6) is 0.979. The van der Waals surface area contributed by atoms with Crippen molar-refractivity contribution < 1.29 is 18.7 Å². The van der Waals surface area contributed by atoms with Crippen LogP contribution in [0.3, 0.4) is 0 Å². The van der Waals surface area contributed by atoms with E-state index in [4.69, 9.17) is 25.5 Å². The number of rotatable bonds is 6. The van der Waals surface area contributed by atoms with Crippen LogP contribution < -0.4 is 15.1 Å². The van der Waals surface area contributed by atoms with Crippen LogP contribution in [0.1, 0.15) is 10.4 Å². The Morgan fingerprint density at radius 1 is 0.933 bits per heavy atom. The van der Waals surface area contributed by atoms with Crippen LogP contribution in [0.4, 0.5) is 0 Å². The Morgan fingerprint density at radius 2 is 1.63 bits per heavy atom. The first-order chi connectivity index (χ1) is 14.5. The lowest BCUT2D eigenvalue weighted by Gasteiger charge is -2.09. The number of carbonyl (C=O) groups is 1. The predicted octanol–water partition coefficient (Wildman–Crippen LogP) is 5.38. The van der Waals surface area contributed by atoms with Crippen LogP contribution in [-0.4, -0.2) is 19.5 Å². The number of Topliss-reactive ketones (excluding diaryl/α,β-unsaturated/α-hetero) is 1. The third-order valence-electron chi connectivity index (χ3n) is 4.65. The highest BCUT2D eigenvalue weighted by Crippen LogP contribution is 2.30. The van der Waals surface area contributed by atoms with Gasteiger partial charge in [-0.05, 0) is 59.7 Å². The van der Waals surface area contributed by atoms with Crippen LogP contribution in [0, 0.1) is 0 Å². The largest absolute Gasteiger partial charge is 0.497 e. The molecule has 3 aromatic carbocycles. The van der Waals surface area contributed by atoms with Gasteiger partial charge in [-0.1, -0.05) is 23.7 Å². The lowest BCUT2D eigenvalue weighted by Crippen LogP contribution is -2.11. The molecular weight excluding hydrogens is 404 g/mol. The zero-order chi connectivity index (χ0) is 21.1. The fourth-order valence-electron chi connectivity index (χ4n) is 3.11. The fourth-order valence-corrected chi connectivity index (χ4v) is 3.24. The van der Waals surface area contributed by atoms with Crippen LogP contribution in [0.25, 0.3) is 22.1 Å². The summed E-state index contributed by atoms with van der Waals surface area (Å²) in [4.78, 5) is 24.4. The molecule has 0 aliphatic heterocycles. The van der Waals surface area contributed by atoms with Gasteiger partial charge in [0.1, 0.15) is 17.1 Å². The standard InChI is InChI=1S/C24H17ClO5/c1-28-18-8-4-15(5-9-18)21-13-24(27)30-23-12-19(10-11-20(21)23)29-14-22(26)16-2-6-17(25)7-3-16/h2-13H,14H2,1H3. The van der Waals surface area contributed by atoms with Gasteiger partial charge < -0.3 is 13.9 Å². The average molecular weight is 421 g/mol. The lowest BCUT2D eigenvalue weighted by molar-refractivity contribution is 0.0921. The van der Waals surface area contributed by atoms with Gasteiger partial charge in [-0.15, -0.1) is 0 Å². The van der Waals surface area contributed by atoms with E-state index in [0.29, 0.717) is 21.9 Å². The van der Waals surface area contributed by atoms with Crippen molar-refractivity contribution in [3.05, 3.63) is 93.8 Å². The quantitative estimate of drug-likeness (QED) is 0.309. The van der Waals surface area contributed by atoms with E-state index in [9.17, 15) is 9.59 Å². The number of fused-ring (bicyclic) bond motifs is 1. The number of ether oxygens (including phenoxy) is 2. The molecule has 0 saturated carbocycles. The first-order valence-electron chi connectivity index (χ1n) is 9.17. The molecular formula is C24H17ClO5. The Bertz CT molecular complexity index is 1260. The van der Waals surface area contributed by atoms with Crippen LogP contribution in [0.5, 0.6) is 11.5 Å². The molecule has 0 radical (unpaired) electrons. The van der Waals surface area contributed by atoms with Crippen molar-refractivity contribution in [3.8, 4) is 22.6 Å². The van der Waals surface area contributed by atoms with E-state index in [0.717, 1.165) is 22.3 Å². The monoisotopic (exact) mass is 420 g/mol. The second-order valence-corrected chi connectivity index (χ2v) is 7.02. The summed E-state index contributed by atoms with van der Waals surface area (Å²) in [6.45, 7) is -0.143. The van der Waals surface area contributed by atoms with E-state index in [2.05, 4.69) is 0 Å². The molecule has 0 atom stereocenters. The number of ketones is 1. The molecule has 30 heavy (non-hydrogen) atoms. The third kappa shape index (κ3) is 4.21. The summed E-state index contributed by atoms with van der Waals surface area (Å²) < 4.78 is 16.2. The van der Waals surface area contributed by atoms with Gasteiger partial charge in [-0.2, -0.15) is 0 Å². The molecule has 0 N–H and O–H groups in total. The highest BCUT2D eigenvalue weighted by Gasteiger charge is 2.11. The Labute approximate surface area is 177 Å². The summed E-state index contributed by atoms with van der Waals surface area (Å²) >= 11 is 5.84. The summed E-state index contributed by atoms with van der Waals surface area (Å²) in [5, 5.41) is 1.32. The molecule has 0 aliphatic rings. The number of hydrogen-bond acceptors (Lipinski definition) is 5. The molecule has 1 aromatic heterocycles. The lowest BCUT2D eigenvalue weighted by atomic mass is 10.0. The van der Waals surface area contributed by atoms with E-state index in [1.807, 2.05) is 24.3 Å². The maximum atomic E-state index is 12.3. The summed E-state index contributed by atoms with van der Waals surface area (Å²) in [6.07, 6.45) is 0. The molecule has 4 rings (SSSR count). The maximum Gasteiger partial charge on any atom is 0.336 e. The van der Waals surface area contributed by atoms with Crippen molar-refractivity contribution >= 4 is 28.4 Å². The Kier molecular flexibility index (Phi) is 5.55. The molecule has 0 aliphatic carbocycles. The molecule has 6 heteroatoms. The van der Waals surface area contributed by atoms with E-state index >= 15 is 0 Å². The minimum Gasteiger partial charge on any atom is -0.497 e. The van der Waals surface area contributed by atoms with Gasteiger partial charge in [-0.3, -0.25) is 4.79 Å². The van der Waals surface area contributed by atoms with Gasteiger partial charge in [0.05, 0.1) is 7.11 Å². The zero-order valence-electron chi connectivity index (χ0n) is 16.1. The van der Waals surface area contributed by atoms with Crippen LogP contribution >= 0.6 is 11.6 Å². The molecule has 0 saturated heterocycles. The van der Waals surface area contributed by atoms with Gasteiger partial charge in [0.15, 0.2) is 12.4 Å². The second-order valence-electron chi connectivity index (χ2n) is 6.58. The van der Waals surface area contributed by atoms with Crippen molar-refractivity contribution in [2.75, 3.05) is 13.7 Å². The minimum atomic E-state index is -0.470. The maximum absolute atomic E-state index is 12.3. The second kappa shape index (κ2) is 8.43. The molecule has 1 heterocycles. The molecule has 4 aromatic rings. The van der Waals surface area contributed by atoms with Crippen LogP contribution in [0.15, 0.2) is 82.0 Å². The van der Waals surface area contributed by atoms with Crippen molar-refractivity contribution in [1.82, 2.24) is 0 Å². The van der Waals surface area contributed by atoms with Crippen molar-refractivity contribution in [1.29, 1.82) is 0 Å². The van der Waals surface area contributed by atoms with E-state index < -0.39 is 5.63 Å². The van der Waals surface area contributed by atoms with E-state index in [1.165, 1.54) is 6.07 Å². The van der Waals surface area contributed by atoms with E-state index in [-0.39, 0.29) is 12.4 Å². The molecule has 0 bridgehead atoms. The normalized spacial score (nSPS) is 10.7. The van der Waals surface area contributed by atoms with Gasteiger partial charge >= 0.3 is 5.63 Å². The molecule has 150 valence electrons.